The third-order valence-electron chi connectivity index (χ3n) is 4.77. The second kappa shape index (κ2) is 4.63. The number of aromatic nitrogens is 3. The number of nitrogens with two attached hydrogens (primary N) is 1. The van der Waals surface area contributed by atoms with Gasteiger partial charge in [0.2, 0.25) is 0 Å². The Morgan fingerprint density at radius 3 is 3.05 bits per heavy atom. The molecule has 0 bridgehead atoms. The fourth-order valence-corrected chi connectivity index (χ4v) is 3.89. The average molecular weight is 272 g/mol. The van der Waals surface area contributed by atoms with Gasteiger partial charge in [-0.05, 0) is 31.6 Å². The Morgan fingerprint density at radius 2 is 2.15 bits per heavy atom. The zero-order chi connectivity index (χ0) is 13.5. The highest BCUT2D eigenvalue weighted by atomic mass is 15.3. The molecule has 3 heterocycles. The molecule has 2 aromatic rings. The minimum Gasteiger partial charge on any atom is -0.350 e. The smallest absolute Gasteiger partial charge is 0.180 e. The van der Waals surface area contributed by atoms with Crippen molar-refractivity contribution in [3.8, 4) is 0 Å². The first-order chi connectivity index (χ1) is 9.86. The fourth-order valence-electron chi connectivity index (χ4n) is 3.89. The number of rotatable bonds is 2. The van der Waals surface area contributed by atoms with Gasteiger partial charge in [-0.25, -0.2) is 15.8 Å². The number of nitrogen functional groups attached to an aromatic ring is 1. The van der Waals surface area contributed by atoms with Crippen LogP contribution in [0.3, 0.4) is 0 Å². The first-order valence-electron chi connectivity index (χ1n) is 7.44. The lowest BCUT2D eigenvalue weighted by molar-refractivity contribution is 0.361. The van der Waals surface area contributed by atoms with E-state index in [2.05, 4.69) is 20.3 Å². The highest BCUT2D eigenvalue weighted by molar-refractivity contribution is 5.67. The Morgan fingerprint density at radius 1 is 1.25 bits per heavy atom. The average Bonchev–Trinajstić information content (AvgIpc) is 3.14. The Balaban J connectivity index is 1.81. The van der Waals surface area contributed by atoms with E-state index in [1.807, 2.05) is 23.0 Å². The van der Waals surface area contributed by atoms with Gasteiger partial charge in [0.15, 0.2) is 17.3 Å². The van der Waals surface area contributed by atoms with E-state index >= 15 is 0 Å². The Labute approximate surface area is 118 Å². The molecule has 20 heavy (non-hydrogen) atoms. The highest BCUT2D eigenvalue weighted by Gasteiger charge is 2.36. The summed E-state index contributed by atoms with van der Waals surface area (Å²) in [6.07, 6.45) is 12.2. The molecule has 0 spiro atoms. The summed E-state index contributed by atoms with van der Waals surface area (Å²) < 4.78 is 2.00. The minimum atomic E-state index is 0.629. The van der Waals surface area contributed by atoms with Gasteiger partial charge in [0.05, 0.1) is 6.20 Å². The van der Waals surface area contributed by atoms with Crippen LogP contribution >= 0.6 is 0 Å². The molecule has 0 aromatic carbocycles. The minimum absolute atomic E-state index is 0.629. The van der Waals surface area contributed by atoms with Gasteiger partial charge in [0, 0.05) is 25.0 Å². The van der Waals surface area contributed by atoms with Crippen molar-refractivity contribution in [2.45, 2.75) is 38.1 Å². The molecule has 6 nitrogen and oxygen atoms in total. The van der Waals surface area contributed by atoms with Crippen LogP contribution in [-0.2, 0) is 0 Å². The molecule has 0 radical (unpaired) electrons. The third-order valence-corrected chi connectivity index (χ3v) is 4.77. The summed E-state index contributed by atoms with van der Waals surface area (Å²) in [5.74, 6) is 8.04. The Hall–Kier alpha value is -1.82. The van der Waals surface area contributed by atoms with E-state index in [1.165, 1.54) is 32.1 Å². The van der Waals surface area contributed by atoms with Crippen molar-refractivity contribution in [3.05, 3.63) is 18.6 Å². The van der Waals surface area contributed by atoms with Crippen molar-refractivity contribution in [3.63, 3.8) is 0 Å². The van der Waals surface area contributed by atoms with Gasteiger partial charge < -0.3 is 14.7 Å². The number of nitrogens with zero attached hydrogens (tertiary/aromatic N) is 4. The number of anilines is 2. The molecule has 6 heteroatoms. The summed E-state index contributed by atoms with van der Waals surface area (Å²) >= 11 is 0. The fraction of sp³-hybridized carbons (Fsp3) is 0.571. The van der Waals surface area contributed by atoms with Crippen molar-refractivity contribution in [2.24, 2.45) is 11.8 Å². The van der Waals surface area contributed by atoms with Crippen molar-refractivity contribution >= 4 is 17.3 Å². The van der Waals surface area contributed by atoms with Gasteiger partial charge >= 0.3 is 0 Å². The lowest BCUT2D eigenvalue weighted by Gasteiger charge is -2.38. The van der Waals surface area contributed by atoms with Crippen LogP contribution in [0.1, 0.15) is 32.1 Å². The van der Waals surface area contributed by atoms with E-state index in [9.17, 15) is 0 Å². The zero-order valence-corrected chi connectivity index (χ0v) is 11.5. The molecule has 3 N–H and O–H groups in total. The van der Waals surface area contributed by atoms with E-state index in [0.29, 0.717) is 11.9 Å². The predicted molar refractivity (Wildman–Crippen MR) is 78.5 cm³/mol. The standard InChI is InChI=1S/C14H20N6/c15-18-12-9-19-8-6-16-13(19)14(17-12)20-7-2-4-10-3-1-5-11(10)20/h6,8-11,18H,1-5,7,15H2. The molecule has 2 unspecified atom stereocenters. The van der Waals surface area contributed by atoms with Crippen LogP contribution in [0.2, 0.25) is 0 Å². The zero-order valence-electron chi connectivity index (χ0n) is 11.5. The van der Waals surface area contributed by atoms with Crippen LogP contribution < -0.4 is 16.2 Å². The third kappa shape index (κ3) is 1.75. The normalized spacial score (nSPS) is 25.9. The van der Waals surface area contributed by atoms with Gasteiger partial charge in [-0.1, -0.05) is 6.42 Å². The number of hydrogen-bond donors (Lipinski definition) is 2. The van der Waals surface area contributed by atoms with E-state index in [4.69, 9.17) is 5.84 Å². The van der Waals surface area contributed by atoms with Crippen molar-refractivity contribution < 1.29 is 0 Å². The number of hydrogen-bond acceptors (Lipinski definition) is 5. The Kier molecular flexibility index (Phi) is 2.77. The van der Waals surface area contributed by atoms with Crippen molar-refractivity contribution in [2.75, 3.05) is 16.9 Å². The van der Waals surface area contributed by atoms with Crippen LogP contribution in [0.5, 0.6) is 0 Å². The molecule has 2 atom stereocenters. The van der Waals surface area contributed by atoms with E-state index < -0.39 is 0 Å². The molecular formula is C14H20N6. The molecule has 2 fully saturated rings. The number of piperidine rings is 1. The van der Waals surface area contributed by atoms with Crippen molar-refractivity contribution in [1.82, 2.24) is 14.4 Å². The van der Waals surface area contributed by atoms with Crippen molar-refractivity contribution in [1.29, 1.82) is 0 Å². The number of imidazole rings is 1. The summed E-state index contributed by atoms with van der Waals surface area (Å²) in [4.78, 5) is 11.6. The second-order valence-corrected chi connectivity index (χ2v) is 5.85. The lowest BCUT2D eigenvalue weighted by Crippen LogP contribution is -2.43. The summed E-state index contributed by atoms with van der Waals surface area (Å²) in [5.41, 5.74) is 3.59. The van der Waals surface area contributed by atoms with Crippen LogP contribution in [0.15, 0.2) is 18.6 Å². The molecular weight excluding hydrogens is 252 g/mol. The van der Waals surface area contributed by atoms with Crippen LogP contribution in [0, 0.1) is 5.92 Å². The molecule has 2 aliphatic rings. The molecule has 0 amide bonds. The van der Waals surface area contributed by atoms with Crippen LogP contribution in [-0.4, -0.2) is 27.0 Å². The van der Waals surface area contributed by atoms with Crippen LogP contribution in [0.4, 0.5) is 11.6 Å². The maximum Gasteiger partial charge on any atom is 0.180 e. The maximum atomic E-state index is 5.55. The summed E-state index contributed by atoms with van der Waals surface area (Å²) in [7, 11) is 0. The topological polar surface area (TPSA) is 71.5 Å². The molecule has 4 rings (SSSR count). The van der Waals surface area contributed by atoms with E-state index in [-0.39, 0.29) is 0 Å². The molecule has 1 aliphatic carbocycles. The molecule has 106 valence electrons. The van der Waals surface area contributed by atoms with Crippen LogP contribution in [0.25, 0.3) is 5.65 Å². The molecule has 2 aromatic heterocycles. The first-order valence-corrected chi connectivity index (χ1v) is 7.44. The predicted octanol–water partition coefficient (Wildman–Crippen LogP) is 1.78. The Bertz CT molecular complexity index is 621. The summed E-state index contributed by atoms with van der Waals surface area (Å²) in [6.45, 7) is 1.07. The van der Waals surface area contributed by atoms with Gasteiger partial charge in [-0.2, -0.15) is 0 Å². The van der Waals surface area contributed by atoms with Gasteiger partial charge in [-0.3, -0.25) is 0 Å². The molecule has 1 saturated heterocycles. The van der Waals surface area contributed by atoms with Gasteiger partial charge in [0.25, 0.3) is 0 Å². The molecule has 1 aliphatic heterocycles. The molecule has 1 saturated carbocycles. The van der Waals surface area contributed by atoms with Gasteiger partial charge in [0.1, 0.15) is 0 Å². The number of hydrazine groups is 1. The second-order valence-electron chi connectivity index (χ2n) is 5.85. The SMILES string of the molecule is NNc1cn2ccnc2c(N2CCCC3CCCC32)n1. The summed E-state index contributed by atoms with van der Waals surface area (Å²) in [5, 5.41) is 0. The van der Waals surface area contributed by atoms with E-state index in [0.717, 1.165) is 23.9 Å². The summed E-state index contributed by atoms with van der Waals surface area (Å²) in [6, 6.07) is 0.629. The lowest BCUT2D eigenvalue weighted by atomic mass is 9.92. The number of nitrogens with one attached hydrogen (secondary N) is 1. The largest absolute Gasteiger partial charge is 0.350 e. The van der Waals surface area contributed by atoms with E-state index in [1.54, 1.807) is 0 Å². The monoisotopic (exact) mass is 272 g/mol. The maximum absolute atomic E-state index is 5.55. The first kappa shape index (κ1) is 12.0. The van der Waals surface area contributed by atoms with Gasteiger partial charge in [-0.15, -0.1) is 0 Å². The number of fused-ring (bicyclic) bond motifs is 2. The quantitative estimate of drug-likeness (QED) is 0.644. The highest BCUT2D eigenvalue weighted by Crippen LogP contribution is 2.39.